The Balaban J connectivity index is 1.75. The van der Waals surface area contributed by atoms with Gasteiger partial charge in [-0.3, -0.25) is 13.9 Å². The van der Waals surface area contributed by atoms with Gasteiger partial charge in [0.2, 0.25) is 11.7 Å². The quantitative estimate of drug-likeness (QED) is 0.341. The minimum Gasteiger partial charge on any atom is -0.338 e. The van der Waals surface area contributed by atoms with Gasteiger partial charge in [0, 0.05) is 25.1 Å². The Morgan fingerprint density at radius 3 is 2.38 bits per heavy atom. The van der Waals surface area contributed by atoms with Crippen LogP contribution >= 0.6 is 11.8 Å². The molecule has 0 amide bonds. The molecular weight excluding hydrogens is 435 g/mol. The highest BCUT2D eigenvalue weighted by Gasteiger charge is 2.24. The van der Waals surface area contributed by atoms with E-state index in [9.17, 15) is 14.0 Å². The third-order valence-corrected chi connectivity index (χ3v) is 5.80. The number of benzene rings is 1. The smallest absolute Gasteiger partial charge is 0.332 e. The van der Waals surface area contributed by atoms with Crippen LogP contribution in [0.15, 0.2) is 43.4 Å². The van der Waals surface area contributed by atoms with Crippen molar-refractivity contribution in [2.75, 3.05) is 0 Å². The topological polar surface area (TPSA) is 109 Å². The molecule has 3 heterocycles. The van der Waals surface area contributed by atoms with Crippen LogP contribution in [0.5, 0.6) is 0 Å². The molecule has 0 saturated carbocycles. The molecule has 11 heteroatoms. The summed E-state index contributed by atoms with van der Waals surface area (Å²) in [6, 6.07) is 5.77. The van der Waals surface area contributed by atoms with E-state index in [0.717, 1.165) is 4.57 Å². The van der Waals surface area contributed by atoms with Crippen molar-refractivity contribution in [1.82, 2.24) is 29.2 Å². The normalized spacial score (nSPS) is 11.9. The van der Waals surface area contributed by atoms with E-state index in [1.54, 1.807) is 19.2 Å². The summed E-state index contributed by atoms with van der Waals surface area (Å²) in [5.41, 5.74) is -0.432. The molecule has 0 aliphatic heterocycles. The Morgan fingerprint density at radius 2 is 1.72 bits per heavy atom. The lowest BCUT2D eigenvalue weighted by Gasteiger charge is -2.19. The van der Waals surface area contributed by atoms with Crippen molar-refractivity contribution in [3.8, 4) is 11.4 Å². The minimum atomic E-state index is -0.469. The van der Waals surface area contributed by atoms with Gasteiger partial charge in [-0.05, 0) is 24.3 Å². The molecule has 0 fully saturated rings. The third-order valence-electron chi connectivity index (χ3n) is 4.84. The molecule has 9 nitrogen and oxygen atoms in total. The fourth-order valence-electron chi connectivity index (χ4n) is 3.03. The molecule has 0 bridgehead atoms. The number of hydrogen-bond acceptors (Lipinski definition) is 8. The molecule has 0 aliphatic carbocycles. The van der Waals surface area contributed by atoms with Gasteiger partial charge in [-0.15, -0.1) is 0 Å². The van der Waals surface area contributed by atoms with Crippen LogP contribution < -0.4 is 11.2 Å². The maximum Gasteiger partial charge on any atom is 0.332 e. The van der Waals surface area contributed by atoms with E-state index in [0.29, 0.717) is 28.1 Å². The Kier molecular flexibility index (Phi) is 5.45. The first-order valence-corrected chi connectivity index (χ1v) is 10.7. The second-order valence-corrected chi connectivity index (χ2v) is 9.28. The summed E-state index contributed by atoms with van der Waals surface area (Å²) in [6.45, 7) is 5.86. The highest BCUT2D eigenvalue weighted by molar-refractivity contribution is 7.98. The molecule has 0 N–H and O–H groups in total. The van der Waals surface area contributed by atoms with Gasteiger partial charge in [0.05, 0.1) is 5.75 Å². The monoisotopic (exact) mass is 456 g/mol. The fourth-order valence-corrected chi connectivity index (χ4v) is 3.88. The fraction of sp³-hybridized carbons (Fsp3) is 0.333. The standard InChI is InChI=1S/C21H21FN6O3S/c1-21(2,3)19-24-16-14(18(29)28(5)20(30)27(16)4)17(25-19)32-10-13-23-15(26-31-13)11-6-8-12(22)9-7-11/h6-9H,10H2,1-5H3. The highest BCUT2D eigenvalue weighted by Crippen LogP contribution is 2.29. The first-order chi connectivity index (χ1) is 15.1. The van der Waals surface area contributed by atoms with E-state index in [-0.39, 0.29) is 22.6 Å². The van der Waals surface area contributed by atoms with E-state index >= 15 is 0 Å². The van der Waals surface area contributed by atoms with Gasteiger partial charge in [-0.25, -0.2) is 19.2 Å². The number of fused-ring (bicyclic) bond motifs is 1. The van der Waals surface area contributed by atoms with Crippen molar-refractivity contribution in [3.05, 3.63) is 62.6 Å². The van der Waals surface area contributed by atoms with Crippen LogP contribution in [0.4, 0.5) is 4.39 Å². The number of nitrogens with zero attached hydrogens (tertiary/aromatic N) is 6. The number of aryl methyl sites for hydroxylation is 1. The maximum atomic E-state index is 13.1. The molecule has 0 aliphatic rings. The van der Waals surface area contributed by atoms with Gasteiger partial charge in [0.1, 0.15) is 22.1 Å². The summed E-state index contributed by atoms with van der Waals surface area (Å²) in [5.74, 6) is 1.06. The second-order valence-electron chi connectivity index (χ2n) is 8.31. The SMILES string of the molecule is Cn1c(=O)c2c(SCc3nc(-c4ccc(F)cc4)no3)nc(C(C)(C)C)nc2n(C)c1=O. The number of hydrogen-bond donors (Lipinski definition) is 0. The van der Waals surface area contributed by atoms with Gasteiger partial charge in [0.25, 0.3) is 5.56 Å². The molecule has 4 rings (SSSR count). The van der Waals surface area contributed by atoms with E-state index in [1.807, 2.05) is 20.8 Å². The van der Waals surface area contributed by atoms with Crippen LogP contribution in [0.2, 0.25) is 0 Å². The van der Waals surface area contributed by atoms with E-state index in [1.165, 1.54) is 35.5 Å². The number of aromatic nitrogens is 6. The number of halogens is 1. The molecule has 32 heavy (non-hydrogen) atoms. The van der Waals surface area contributed by atoms with Crippen LogP contribution in [0.25, 0.3) is 22.4 Å². The predicted molar refractivity (Wildman–Crippen MR) is 118 cm³/mol. The van der Waals surface area contributed by atoms with Crippen molar-refractivity contribution in [3.63, 3.8) is 0 Å². The van der Waals surface area contributed by atoms with E-state index < -0.39 is 16.7 Å². The summed E-state index contributed by atoms with van der Waals surface area (Å²) in [5, 5.41) is 4.62. The molecular formula is C21H21FN6O3S. The Bertz CT molecular complexity index is 1430. The molecule has 0 atom stereocenters. The summed E-state index contributed by atoms with van der Waals surface area (Å²) in [7, 11) is 2.99. The van der Waals surface area contributed by atoms with E-state index in [2.05, 4.69) is 20.1 Å². The third kappa shape index (κ3) is 3.95. The summed E-state index contributed by atoms with van der Waals surface area (Å²) >= 11 is 1.25. The highest BCUT2D eigenvalue weighted by atomic mass is 32.2. The number of rotatable bonds is 4. The Labute approximate surface area is 186 Å². The first kappa shape index (κ1) is 21.9. The van der Waals surface area contributed by atoms with Crippen molar-refractivity contribution in [2.45, 2.75) is 37.0 Å². The largest absolute Gasteiger partial charge is 0.338 e. The minimum absolute atomic E-state index is 0.246. The molecule has 4 aromatic rings. The van der Waals surface area contributed by atoms with Gasteiger partial charge in [0.15, 0.2) is 5.65 Å². The molecule has 0 saturated heterocycles. The average molecular weight is 457 g/mol. The molecule has 166 valence electrons. The van der Waals surface area contributed by atoms with Crippen molar-refractivity contribution < 1.29 is 8.91 Å². The Hall–Kier alpha value is -3.34. The Morgan fingerprint density at radius 1 is 1.03 bits per heavy atom. The van der Waals surface area contributed by atoms with Gasteiger partial charge >= 0.3 is 5.69 Å². The van der Waals surface area contributed by atoms with Crippen LogP contribution in [0.1, 0.15) is 32.5 Å². The zero-order chi connectivity index (χ0) is 23.2. The first-order valence-electron chi connectivity index (χ1n) is 9.76. The molecule has 0 radical (unpaired) electrons. The predicted octanol–water partition coefficient (Wildman–Crippen LogP) is 2.81. The van der Waals surface area contributed by atoms with Gasteiger partial charge in [-0.2, -0.15) is 4.98 Å². The molecule has 0 spiro atoms. The molecule has 0 unspecified atom stereocenters. The van der Waals surface area contributed by atoms with Crippen LogP contribution in [-0.4, -0.2) is 29.2 Å². The lowest BCUT2D eigenvalue weighted by molar-refractivity contribution is 0.391. The molecule has 1 aromatic carbocycles. The number of thioether (sulfide) groups is 1. The van der Waals surface area contributed by atoms with Crippen molar-refractivity contribution >= 4 is 22.8 Å². The maximum absolute atomic E-state index is 13.1. The van der Waals surface area contributed by atoms with Crippen LogP contribution in [-0.2, 0) is 25.3 Å². The zero-order valence-electron chi connectivity index (χ0n) is 18.2. The summed E-state index contributed by atoms with van der Waals surface area (Å²) in [4.78, 5) is 38.8. The summed E-state index contributed by atoms with van der Waals surface area (Å²) in [6.07, 6.45) is 0. The zero-order valence-corrected chi connectivity index (χ0v) is 19.0. The summed E-state index contributed by atoms with van der Waals surface area (Å²) < 4.78 is 20.8. The van der Waals surface area contributed by atoms with Crippen molar-refractivity contribution in [2.24, 2.45) is 14.1 Å². The second kappa shape index (κ2) is 7.97. The lowest BCUT2D eigenvalue weighted by Crippen LogP contribution is -2.38. The van der Waals surface area contributed by atoms with Crippen LogP contribution in [0, 0.1) is 5.82 Å². The van der Waals surface area contributed by atoms with E-state index in [4.69, 9.17) is 4.52 Å². The average Bonchev–Trinajstić information content (AvgIpc) is 3.23. The van der Waals surface area contributed by atoms with Crippen LogP contribution in [0.3, 0.4) is 0 Å². The molecule has 3 aromatic heterocycles. The van der Waals surface area contributed by atoms with Gasteiger partial charge < -0.3 is 4.52 Å². The van der Waals surface area contributed by atoms with Crippen molar-refractivity contribution in [1.29, 1.82) is 0 Å². The lowest BCUT2D eigenvalue weighted by atomic mass is 9.96. The van der Waals surface area contributed by atoms with Gasteiger partial charge in [-0.1, -0.05) is 37.7 Å².